The lowest BCUT2D eigenvalue weighted by Crippen LogP contribution is -2.63. The van der Waals surface area contributed by atoms with E-state index < -0.39 is 0 Å². The number of hydrogen-bond acceptors (Lipinski definition) is 4. The van der Waals surface area contributed by atoms with Gasteiger partial charge in [0.2, 0.25) is 0 Å². The first kappa shape index (κ1) is 17.7. The summed E-state index contributed by atoms with van der Waals surface area (Å²) in [5, 5.41) is 3.73. The average Bonchev–Trinajstić information content (AvgIpc) is 2.63. The average molecular weight is 331 g/mol. The van der Waals surface area contributed by atoms with E-state index in [-0.39, 0.29) is 0 Å². The molecule has 2 aliphatic heterocycles. The van der Waals surface area contributed by atoms with Crippen LogP contribution in [0.3, 0.4) is 0 Å². The maximum Gasteiger partial charge on any atom is 0.0407 e. The van der Waals surface area contributed by atoms with Crippen molar-refractivity contribution in [3.63, 3.8) is 0 Å². The van der Waals surface area contributed by atoms with Crippen LogP contribution in [0.25, 0.3) is 0 Å². The topological polar surface area (TPSA) is 21.8 Å². The van der Waals surface area contributed by atoms with Gasteiger partial charge in [-0.05, 0) is 58.1 Å². The molecule has 2 aliphatic rings. The molecule has 3 rings (SSSR count). The number of anilines is 1. The summed E-state index contributed by atoms with van der Waals surface area (Å²) in [4.78, 5) is 7.90. The lowest BCUT2D eigenvalue weighted by Gasteiger charge is -2.51. The molecule has 2 saturated heterocycles. The van der Waals surface area contributed by atoms with Gasteiger partial charge in [-0.15, -0.1) is 0 Å². The number of hydrogen-bond donors (Lipinski definition) is 1. The van der Waals surface area contributed by atoms with Crippen molar-refractivity contribution in [1.82, 2.24) is 14.7 Å². The van der Waals surface area contributed by atoms with Gasteiger partial charge in [0.05, 0.1) is 0 Å². The monoisotopic (exact) mass is 330 g/mol. The molecule has 0 saturated carbocycles. The summed E-state index contributed by atoms with van der Waals surface area (Å²) in [7, 11) is 2.26. The minimum atomic E-state index is 0.320. The van der Waals surface area contributed by atoms with Crippen LogP contribution in [-0.4, -0.2) is 79.6 Å². The zero-order chi connectivity index (χ0) is 16.8. The zero-order valence-corrected chi connectivity index (χ0v) is 15.5. The third-order valence-corrected chi connectivity index (χ3v) is 5.90. The molecular weight excluding hydrogens is 296 g/mol. The van der Waals surface area contributed by atoms with Gasteiger partial charge in [0, 0.05) is 44.0 Å². The molecule has 0 aromatic heterocycles. The Hall–Kier alpha value is -1.10. The number of benzene rings is 1. The lowest BCUT2D eigenvalue weighted by molar-refractivity contribution is 0.00134. The second kappa shape index (κ2) is 8.32. The summed E-state index contributed by atoms with van der Waals surface area (Å²) >= 11 is 0. The number of nitrogens with one attached hydrogen (secondary N) is 1. The highest BCUT2D eigenvalue weighted by molar-refractivity contribution is 5.43. The third-order valence-electron chi connectivity index (χ3n) is 5.90. The fraction of sp³-hybridized carbons (Fsp3) is 0.700. The quantitative estimate of drug-likeness (QED) is 0.865. The van der Waals surface area contributed by atoms with Gasteiger partial charge in [0.15, 0.2) is 0 Å². The summed E-state index contributed by atoms with van der Waals surface area (Å²) in [5.41, 5.74) is 1.57. The van der Waals surface area contributed by atoms with Crippen molar-refractivity contribution >= 4 is 5.69 Å². The molecule has 24 heavy (non-hydrogen) atoms. The number of para-hydroxylation sites is 1. The minimum Gasteiger partial charge on any atom is -0.383 e. The van der Waals surface area contributed by atoms with Crippen LogP contribution >= 0.6 is 0 Å². The standard InChI is InChI=1S/C20H34N4/c1-3-11-23-14-16-24(17-15-23)20(9-12-22(2)13-10-20)18-21-19-7-5-4-6-8-19/h4-8,21H,3,9-18H2,1-2H3. The largest absolute Gasteiger partial charge is 0.383 e. The second-order valence-electron chi connectivity index (χ2n) is 7.58. The first-order valence-electron chi connectivity index (χ1n) is 9.67. The number of piperazine rings is 1. The van der Waals surface area contributed by atoms with E-state index in [1.165, 1.54) is 70.8 Å². The minimum absolute atomic E-state index is 0.320. The molecule has 1 aromatic rings. The Morgan fingerprint density at radius 1 is 0.958 bits per heavy atom. The predicted molar refractivity (Wildman–Crippen MR) is 103 cm³/mol. The van der Waals surface area contributed by atoms with E-state index in [9.17, 15) is 0 Å². The van der Waals surface area contributed by atoms with Gasteiger partial charge in [-0.2, -0.15) is 0 Å². The van der Waals surface area contributed by atoms with Crippen LogP contribution in [0.15, 0.2) is 30.3 Å². The van der Waals surface area contributed by atoms with Crippen LogP contribution in [0.2, 0.25) is 0 Å². The van der Waals surface area contributed by atoms with Crippen LogP contribution in [-0.2, 0) is 0 Å². The van der Waals surface area contributed by atoms with Crippen molar-refractivity contribution in [2.24, 2.45) is 0 Å². The highest BCUT2D eigenvalue weighted by Crippen LogP contribution is 2.30. The summed E-state index contributed by atoms with van der Waals surface area (Å²) < 4.78 is 0. The Balaban J connectivity index is 1.64. The predicted octanol–water partition coefficient (Wildman–Crippen LogP) is 2.59. The van der Waals surface area contributed by atoms with Gasteiger partial charge in [0.25, 0.3) is 0 Å². The number of rotatable bonds is 6. The van der Waals surface area contributed by atoms with E-state index in [4.69, 9.17) is 0 Å². The highest BCUT2D eigenvalue weighted by Gasteiger charge is 2.40. The second-order valence-corrected chi connectivity index (χ2v) is 7.58. The van der Waals surface area contributed by atoms with Gasteiger partial charge in [0.1, 0.15) is 0 Å². The summed E-state index contributed by atoms with van der Waals surface area (Å²) in [6.07, 6.45) is 3.82. The maximum atomic E-state index is 3.73. The van der Waals surface area contributed by atoms with Crippen LogP contribution in [0.5, 0.6) is 0 Å². The molecule has 2 fully saturated rings. The van der Waals surface area contributed by atoms with Crippen LogP contribution < -0.4 is 5.32 Å². The molecule has 0 aliphatic carbocycles. The van der Waals surface area contributed by atoms with Gasteiger partial charge >= 0.3 is 0 Å². The smallest absolute Gasteiger partial charge is 0.0407 e. The van der Waals surface area contributed by atoms with Gasteiger partial charge in [-0.25, -0.2) is 0 Å². The highest BCUT2D eigenvalue weighted by atomic mass is 15.3. The normalized spacial score (nSPS) is 23.2. The molecule has 0 bridgehead atoms. The number of piperidine rings is 1. The van der Waals surface area contributed by atoms with E-state index in [0.29, 0.717) is 5.54 Å². The summed E-state index contributed by atoms with van der Waals surface area (Å²) in [6.45, 7) is 11.9. The Morgan fingerprint density at radius 2 is 1.62 bits per heavy atom. The van der Waals surface area contributed by atoms with Gasteiger partial charge < -0.3 is 15.1 Å². The van der Waals surface area contributed by atoms with E-state index >= 15 is 0 Å². The molecule has 0 amide bonds. The van der Waals surface area contributed by atoms with E-state index in [1.807, 2.05) is 0 Å². The van der Waals surface area contributed by atoms with Gasteiger partial charge in [-0.3, -0.25) is 4.90 Å². The Kier molecular flexibility index (Phi) is 6.14. The fourth-order valence-corrected chi connectivity index (χ4v) is 4.22. The van der Waals surface area contributed by atoms with Crippen molar-refractivity contribution in [1.29, 1.82) is 0 Å². The van der Waals surface area contributed by atoms with Crippen LogP contribution in [0.4, 0.5) is 5.69 Å². The molecular formula is C20H34N4. The number of nitrogens with zero attached hydrogens (tertiary/aromatic N) is 3. The third kappa shape index (κ3) is 4.29. The van der Waals surface area contributed by atoms with Crippen molar-refractivity contribution in [3.8, 4) is 0 Å². The maximum absolute atomic E-state index is 3.73. The SMILES string of the molecule is CCCN1CCN(C2(CNc3ccccc3)CCN(C)CC2)CC1. The van der Waals surface area contributed by atoms with E-state index in [0.717, 1.165) is 6.54 Å². The van der Waals surface area contributed by atoms with Crippen molar-refractivity contribution in [2.75, 3.05) is 64.7 Å². The first-order chi connectivity index (χ1) is 11.7. The van der Waals surface area contributed by atoms with Crippen molar-refractivity contribution in [3.05, 3.63) is 30.3 Å². The molecule has 1 aromatic carbocycles. The molecule has 0 atom stereocenters. The molecule has 134 valence electrons. The zero-order valence-electron chi connectivity index (χ0n) is 15.5. The van der Waals surface area contributed by atoms with E-state index in [2.05, 4.69) is 64.3 Å². The Bertz CT molecular complexity index is 474. The lowest BCUT2D eigenvalue weighted by atomic mass is 9.84. The van der Waals surface area contributed by atoms with Crippen LogP contribution in [0, 0.1) is 0 Å². The fourth-order valence-electron chi connectivity index (χ4n) is 4.22. The molecule has 4 nitrogen and oxygen atoms in total. The van der Waals surface area contributed by atoms with Crippen LogP contribution in [0.1, 0.15) is 26.2 Å². The Labute approximate surface area is 147 Å². The molecule has 4 heteroatoms. The van der Waals surface area contributed by atoms with Crippen molar-refractivity contribution in [2.45, 2.75) is 31.7 Å². The van der Waals surface area contributed by atoms with Crippen molar-refractivity contribution < 1.29 is 0 Å². The molecule has 0 radical (unpaired) electrons. The van der Waals surface area contributed by atoms with E-state index in [1.54, 1.807) is 0 Å². The Morgan fingerprint density at radius 3 is 2.25 bits per heavy atom. The first-order valence-corrected chi connectivity index (χ1v) is 9.67. The van der Waals surface area contributed by atoms with Gasteiger partial charge in [-0.1, -0.05) is 25.1 Å². The summed E-state index contributed by atoms with van der Waals surface area (Å²) in [6, 6.07) is 10.7. The number of likely N-dealkylation sites (tertiary alicyclic amines) is 1. The summed E-state index contributed by atoms with van der Waals surface area (Å²) in [5.74, 6) is 0. The molecule has 1 N–H and O–H groups in total. The molecule has 0 unspecified atom stereocenters. The molecule has 0 spiro atoms. The molecule has 2 heterocycles.